The number of nitrogens with one attached hydrogen (secondary N) is 1. The molecule has 2 rings (SSSR count). The SMILES string of the molecule is COc1c(C)cc(Cl)cc1CNCC1(CO)CC1. The minimum Gasteiger partial charge on any atom is -0.496 e. The van der Waals surface area contributed by atoms with Gasteiger partial charge in [-0.2, -0.15) is 0 Å². The lowest BCUT2D eigenvalue weighted by Crippen LogP contribution is -2.26. The predicted molar refractivity (Wildman–Crippen MR) is 73.2 cm³/mol. The maximum absolute atomic E-state index is 9.26. The van der Waals surface area contributed by atoms with Crippen molar-refractivity contribution in [1.29, 1.82) is 0 Å². The fraction of sp³-hybridized carbons (Fsp3) is 0.571. The predicted octanol–water partition coefficient (Wildman–Crippen LogP) is 2.52. The minimum atomic E-state index is 0.126. The van der Waals surface area contributed by atoms with E-state index in [0.29, 0.717) is 6.54 Å². The van der Waals surface area contributed by atoms with Crippen LogP contribution in [-0.2, 0) is 6.54 Å². The van der Waals surface area contributed by atoms with Crippen molar-refractivity contribution < 1.29 is 9.84 Å². The van der Waals surface area contributed by atoms with Crippen molar-refractivity contribution in [3.63, 3.8) is 0 Å². The highest BCUT2D eigenvalue weighted by molar-refractivity contribution is 6.30. The Morgan fingerprint density at radius 2 is 2.17 bits per heavy atom. The summed E-state index contributed by atoms with van der Waals surface area (Å²) in [6.45, 7) is 3.82. The number of hydrogen-bond donors (Lipinski definition) is 2. The fourth-order valence-electron chi connectivity index (χ4n) is 2.25. The summed E-state index contributed by atoms with van der Waals surface area (Å²) in [5.41, 5.74) is 2.24. The molecule has 0 aliphatic heterocycles. The number of aliphatic hydroxyl groups is 1. The molecule has 18 heavy (non-hydrogen) atoms. The van der Waals surface area contributed by atoms with Gasteiger partial charge in [-0.25, -0.2) is 0 Å². The maximum Gasteiger partial charge on any atom is 0.126 e. The van der Waals surface area contributed by atoms with Gasteiger partial charge in [0.2, 0.25) is 0 Å². The van der Waals surface area contributed by atoms with E-state index in [0.717, 1.165) is 41.3 Å². The summed E-state index contributed by atoms with van der Waals surface area (Å²) in [6, 6.07) is 3.83. The second-order valence-electron chi connectivity index (χ2n) is 5.18. The number of methoxy groups -OCH3 is 1. The summed E-state index contributed by atoms with van der Waals surface area (Å²) in [7, 11) is 1.68. The first-order valence-corrected chi connectivity index (χ1v) is 6.63. The molecule has 2 N–H and O–H groups in total. The van der Waals surface area contributed by atoms with E-state index >= 15 is 0 Å². The van der Waals surface area contributed by atoms with Crippen LogP contribution in [-0.4, -0.2) is 25.4 Å². The Morgan fingerprint density at radius 1 is 1.44 bits per heavy atom. The van der Waals surface area contributed by atoms with Gasteiger partial charge in [0.05, 0.1) is 7.11 Å². The molecule has 0 amide bonds. The molecular weight excluding hydrogens is 250 g/mol. The van der Waals surface area contributed by atoms with Crippen molar-refractivity contribution >= 4 is 11.6 Å². The third-order valence-electron chi connectivity index (χ3n) is 3.63. The molecule has 0 atom stereocenters. The van der Waals surface area contributed by atoms with Crippen molar-refractivity contribution in [2.24, 2.45) is 5.41 Å². The van der Waals surface area contributed by atoms with Gasteiger partial charge in [-0.05, 0) is 37.5 Å². The normalized spacial score (nSPS) is 16.7. The largest absolute Gasteiger partial charge is 0.496 e. The molecule has 0 saturated heterocycles. The van der Waals surface area contributed by atoms with Gasteiger partial charge < -0.3 is 15.2 Å². The molecule has 3 nitrogen and oxygen atoms in total. The zero-order valence-electron chi connectivity index (χ0n) is 10.9. The highest BCUT2D eigenvalue weighted by Crippen LogP contribution is 2.44. The summed E-state index contributed by atoms with van der Waals surface area (Å²) >= 11 is 6.06. The summed E-state index contributed by atoms with van der Waals surface area (Å²) in [5, 5.41) is 13.4. The second kappa shape index (κ2) is 5.47. The number of aryl methyl sites for hydroxylation is 1. The van der Waals surface area contributed by atoms with Crippen molar-refractivity contribution in [3.8, 4) is 5.75 Å². The molecule has 0 unspecified atom stereocenters. The topological polar surface area (TPSA) is 41.5 Å². The molecule has 0 heterocycles. The number of benzene rings is 1. The van der Waals surface area contributed by atoms with Crippen LogP contribution in [0.2, 0.25) is 5.02 Å². The van der Waals surface area contributed by atoms with E-state index in [1.54, 1.807) is 7.11 Å². The number of aliphatic hydroxyl groups excluding tert-OH is 1. The Kier molecular flexibility index (Phi) is 4.15. The molecule has 1 fully saturated rings. The zero-order chi connectivity index (χ0) is 13.2. The van der Waals surface area contributed by atoms with E-state index in [9.17, 15) is 5.11 Å². The van der Waals surface area contributed by atoms with E-state index < -0.39 is 0 Å². The quantitative estimate of drug-likeness (QED) is 0.834. The standard InChI is InChI=1S/C14H20ClNO2/c1-10-5-12(15)6-11(13(10)18-2)7-16-8-14(9-17)3-4-14/h5-6,16-17H,3-4,7-9H2,1-2H3. The van der Waals surface area contributed by atoms with Gasteiger partial charge in [-0.1, -0.05) is 11.6 Å². The Balaban J connectivity index is 2.00. The van der Waals surface area contributed by atoms with Crippen LogP contribution in [0.15, 0.2) is 12.1 Å². The summed E-state index contributed by atoms with van der Waals surface area (Å²) in [5.74, 6) is 0.890. The number of halogens is 1. The number of hydrogen-bond acceptors (Lipinski definition) is 3. The van der Waals surface area contributed by atoms with E-state index in [1.165, 1.54) is 0 Å². The van der Waals surface area contributed by atoms with Crippen molar-refractivity contribution in [1.82, 2.24) is 5.32 Å². The van der Waals surface area contributed by atoms with E-state index in [-0.39, 0.29) is 12.0 Å². The van der Waals surface area contributed by atoms with Gasteiger partial charge in [0.1, 0.15) is 5.75 Å². The molecule has 0 radical (unpaired) electrons. The maximum atomic E-state index is 9.26. The van der Waals surface area contributed by atoms with Crippen LogP contribution in [0.1, 0.15) is 24.0 Å². The van der Waals surface area contributed by atoms with Gasteiger partial charge in [-0.3, -0.25) is 0 Å². The Labute approximate surface area is 113 Å². The third kappa shape index (κ3) is 2.97. The lowest BCUT2D eigenvalue weighted by Gasteiger charge is -2.16. The second-order valence-corrected chi connectivity index (χ2v) is 5.61. The molecule has 1 aromatic carbocycles. The van der Waals surface area contributed by atoms with Gasteiger partial charge in [0.25, 0.3) is 0 Å². The first-order chi connectivity index (χ1) is 8.60. The highest BCUT2D eigenvalue weighted by atomic mass is 35.5. The Bertz CT molecular complexity index is 430. The molecule has 0 spiro atoms. The lowest BCUT2D eigenvalue weighted by atomic mass is 10.1. The summed E-state index contributed by atoms with van der Waals surface area (Å²) in [6.07, 6.45) is 2.23. The van der Waals surface area contributed by atoms with Crippen LogP contribution in [0, 0.1) is 12.3 Å². The first-order valence-electron chi connectivity index (χ1n) is 6.25. The molecule has 0 bridgehead atoms. The molecule has 4 heteroatoms. The van der Waals surface area contributed by atoms with E-state index in [2.05, 4.69) is 5.32 Å². The van der Waals surface area contributed by atoms with Crippen LogP contribution < -0.4 is 10.1 Å². The average molecular weight is 270 g/mol. The van der Waals surface area contributed by atoms with Crippen LogP contribution in [0.3, 0.4) is 0 Å². The lowest BCUT2D eigenvalue weighted by molar-refractivity contribution is 0.207. The first kappa shape index (κ1) is 13.7. The molecule has 1 aromatic rings. The molecular formula is C14H20ClNO2. The number of ether oxygens (including phenoxy) is 1. The Morgan fingerprint density at radius 3 is 2.72 bits per heavy atom. The minimum absolute atomic E-state index is 0.126. The van der Waals surface area contributed by atoms with E-state index in [1.807, 2.05) is 19.1 Å². The molecule has 1 saturated carbocycles. The molecule has 100 valence electrons. The van der Waals surface area contributed by atoms with Gasteiger partial charge in [-0.15, -0.1) is 0 Å². The van der Waals surface area contributed by atoms with Crippen molar-refractivity contribution in [3.05, 3.63) is 28.3 Å². The average Bonchev–Trinajstić information content (AvgIpc) is 3.09. The van der Waals surface area contributed by atoms with Crippen LogP contribution in [0.4, 0.5) is 0 Å². The monoisotopic (exact) mass is 269 g/mol. The molecule has 0 aromatic heterocycles. The summed E-state index contributed by atoms with van der Waals surface area (Å²) < 4.78 is 5.41. The molecule has 1 aliphatic carbocycles. The van der Waals surface area contributed by atoms with Crippen molar-refractivity contribution in [2.45, 2.75) is 26.3 Å². The van der Waals surface area contributed by atoms with Crippen molar-refractivity contribution in [2.75, 3.05) is 20.3 Å². The third-order valence-corrected chi connectivity index (χ3v) is 3.85. The fourth-order valence-corrected chi connectivity index (χ4v) is 2.55. The Hall–Kier alpha value is -0.770. The molecule has 1 aliphatic rings. The zero-order valence-corrected chi connectivity index (χ0v) is 11.7. The van der Waals surface area contributed by atoms with Gasteiger partial charge in [0.15, 0.2) is 0 Å². The van der Waals surface area contributed by atoms with Gasteiger partial charge >= 0.3 is 0 Å². The highest BCUT2D eigenvalue weighted by Gasteiger charge is 2.41. The smallest absolute Gasteiger partial charge is 0.126 e. The number of rotatable bonds is 6. The summed E-state index contributed by atoms with van der Waals surface area (Å²) in [4.78, 5) is 0. The van der Waals surface area contributed by atoms with Gasteiger partial charge in [0, 0.05) is 35.7 Å². The van der Waals surface area contributed by atoms with Crippen LogP contribution >= 0.6 is 11.6 Å². The van der Waals surface area contributed by atoms with E-state index in [4.69, 9.17) is 16.3 Å². The van der Waals surface area contributed by atoms with Crippen LogP contribution in [0.25, 0.3) is 0 Å². The van der Waals surface area contributed by atoms with Crippen LogP contribution in [0.5, 0.6) is 5.75 Å².